The number of carbonyl (C=O) groups is 1. The number of rotatable bonds is 7. The second-order valence-electron chi connectivity index (χ2n) is 9.31. The second-order valence-corrected chi connectivity index (χ2v) is 9.31. The number of hydrogen-bond donors (Lipinski definition) is 2. The minimum atomic E-state index is -4.46. The van der Waals surface area contributed by atoms with E-state index in [0.717, 1.165) is 12.1 Å². The van der Waals surface area contributed by atoms with Crippen molar-refractivity contribution in [2.45, 2.75) is 52.0 Å². The van der Waals surface area contributed by atoms with E-state index in [2.05, 4.69) is 20.4 Å². The van der Waals surface area contributed by atoms with Crippen molar-refractivity contribution in [3.8, 4) is 11.4 Å². The van der Waals surface area contributed by atoms with Gasteiger partial charge in [0.1, 0.15) is 11.3 Å². The number of nitrogens with one attached hydrogen (secondary N) is 2. The highest BCUT2D eigenvalue weighted by Crippen LogP contribution is 2.35. The van der Waals surface area contributed by atoms with Crippen molar-refractivity contribution in [2.75, 3.05) is 6.54 Å². The minimum Gasteiger partial charge on any atom is -0.356 e. The van der Waals surface area contributed by atoms with Crippen molar-refractivity contribution in [3.63, 3.8) is 0 Å². The summed E-state index contributed by atoms with van der Waals surface area (Å²) in [5.74, 6) is -0.0577. The van der Waals surface area contributed by atoms with Crippen molar-refractivity contribution in [3.05, 3.63) is 68.6 Å². The Morgan fingerprint density at radius 2 is 1.84 bits per heavy atom. The van der Waals surface area contributed by atoms with E-state index in [1.807, 2.05) is 6.92 Å². The van der Waals surface area contributed by atoms with Gasteiger partial charge in [-0.2, -0.15) is 18.3 Å². The Morgan fingerprint density at radius 1 is 1.11 bits per heavy atom. The maximum atomic E-state index is 13.1. The molecule has 4 heterocycles. The molecule has 0 saturated carbocycles. The summed E-state index contributed by atoms with van der Waals surface area (Å²) in [5.41, 5.74) is -0.120. The molecule has 4 aromatic rings. The molecule has 0 radical (unpaired) electrons. The van der Waals surface area contributed by atoms with Crippen LogP contribution in [-0.4, -0.2) is 41.3 Å². The summed E-state index contributed by atoms with van der Waals surface area (Å²) in [7, 11) is 0. The fraction of sp³-hybridized carbons (Fsp3) is 0.400. The summed E-state index contributed by atoms with van der Waals surface area (Å²) in [5, 5.41) is 7.23. The fourth-order valence-corrected chi connectivity index (χ4v) is 4.98. The summed E-state index contributed by atoms with van der Waals surface area (Å²) in [6.45, 7) is 4.62. The van der Waals surface area contributed by atoms with E-state index >= 15 is 0 Å². The number of halogens is 3. The Morgan fingerprint density at radius 3 is 2.45 bits per heavy atom. The number of aryl methyl sites for hydroxylation is 1. The number of aromatic amines is 1. The van der Waals surface area contributed by atoms with Crippen LogP contribution in [0.1, 0.15) is 43.9 Å². The van der Waals surface area contributed by atoms with E-state index in [1.165, 1.54) is 27.5 Å². The van der Waals surface area contributed by atoms with Gasteiger partial charge in [-0.1, -0.05) is 19.1 Å². The van der Waals surface area contributed by atoms with Crippen molar-refractivity contribution in [1.82, 2.24) is 34.2 Å². The first-order chi connectivity index (χ1) is 18.1. The normalized spacial score (nSPS) is 16.8. The number of fused-ring (bicyclic) bond motifs is 1. The largest absolute Gasteiger partial charge is 0.416 e. The molecule has 38 heavy (non-hydrogen) atoms. The number of nitrogens with zero attached hydrogens (tertiary/aromatic N) is 5. The van der Waals surface area contributed by atoms with Crippen LogP contribution < -0.4 is 16.6 Å². The second kappa shape index (κ2) is 9.62. The highest BCUT2D eigenvalue weighted by molar-refractivity contribution is 5.78. The highest BCUT2D eigenvalue weighted by atomic mass is 19.4. The summed E-state index contributed by atoms with van der Waals surface area (Å²) in [4.78, 5) is 45.3. The molecule has 5 rings (SSSR count). The minimum absolute atomic E-state index is 0.141. The lowest BCUT2D eigenvalue weighted by Crippen LogP contribution is -2.39. The van der Waals surface area contributed by atoms with Gasteiger partial charge in [-0.3, -0.25) is 23.4 Å². The van der Waals surface area contributed by atoms with Crippen LogP contribution in [0.15, 0.2) is 46.2 Å². The number of carbonyl (C=O) groups excluding carboxylic acids is 1. The number of amides is 1. The molecule has 1 aliphatic rings. The summed E-state index contributed by atoms with van der Waals surface area (Å²) in [6.07, 6.45) is -0.457. The highest BCUT2D eigenvalue weighted by Gasteiger charge is 2.34. The van der Waals surface area contributed by atoms with Crippen LogP contribution in [0.5, 0.6) is 0 Å². The lowest BCUT2D eigenvalue weighted by Gasteiger charge is -2.23. The molecular formula is C25H26F3N7O3. The van der Waals surface area contributed by atoms with Gasteiger partial charge < -0.3 is 10.3 Å². The number of alkyl halides is 3. The smallest absolute Gasteiger partial charge is 0.356 e. The van der Waals surface area contributed by atoms with Gasteiger partial charge in [-0.05, 0) is 31.0 Å². The summed E-state index contributed by atoms with van der Waals surface area (Å²) in [6, 6.07) is 4.30. The third-order valence-electron chi connectivity index (χ3n) is 6.82. The quantitative estimate of drug-likeness (QED) is 0.382. The first-order valence-electron chi connectivity index (χ1n) is 12.3. The molecule has 1 amide bonds. The number of imidazole rings is 1. The van der Waals surface area contributed by atoms with Gasteiger partial charge in [-0.15, -0.1) is 0 Å². The molecule has 1 fully saturated rings. The van der Waals surface area contributed by atoms with E-state index in [1.54, 1.807) is 17.8 Å². The lowest BCUT2D eigenvalue weighted by molar-refractivity contribution is -0.137. The third-order valence-corrected chi connectivity index (χ3v) is 6.82. The molecule has 3 aromatic heterocycles. The molecule has 200 valence electrons. The zero-order valence-electron chi connectivity index (χ0n) is 20.7. The maximum absolute atomic E-state index is 13.1. The molecule has 10 nitrogen and oxygen atoms in total. The third kappa shape index (κ3) is 4.41. The van der Waals surface area contributed by atoms with E-state index in [4.69, 9.17) is 0 Å². The van der Waals surface area contributed by atoms with E-state index < -0.39 is 29.0 Å². The summed E-state index contributed by atoms with van der Waals surface area (Å²) >= 11 is 0. The molecule has 1 aliphatic heterocycles. The average molecular weight is 530 g/mol. The first-order valence-corrected chi connectivity index (χ1v) is 12.3. The van der Waals surface area contributed by atoms with E-state index in [-0.39, 0.29) is 36.0 Å². The number of hydrogen-bond acceptors (Lipinski definition) is 5. The van der Waals surface area contributed by atoms with Crippen LogP contribution in [0.2, 0.25) is 0 Å². The van der Waals surface area contributed by atoms with Crippen molar-refractivity contribution in [1.29, 1.82) is 0 Å². The Bertz CT molecular complexity index is 1610. The van der Waals surface area contributed by atoms with Gasteiger partial charge in [0.25, 0.3) is 5.56 Å². The number of benzene rings is 1. The molecule has 1 aromatic carbocycles. The van der Waals surface area contributed by atoms with Crippen LogP contribution in [0, 0.1) is 5.92 Å². The van der Waals surface area contributed by atoms with Gasteiger partial charge in [0, 0.05) is 38.2 Å². The Hall–Kier alpha value is -4.16. The predicted octanol–water partition coefficient (Wildman–Crippen LogP) is 2.92. The molecule has 0 aliphatic carbocycles. The zero-order chi connectivity index (χ0) is 27.2. The topological polar surface area (TPSA) is 120 Å². The SMILES string of the molecule is CCCn1c(=O)c2[nH]c(-c3cnn(C(c4ccc(C(F)(F)F)cc4)C4CNC(=O)C4)c3)nc2n(CC)c1=O. The van der Waals surface area contributed by atoms with Crippen molar-refractivity contribution < 1.29 is 18.0 Å². The Balaban J connectivity index is 1.57. The molecule has 0 spiro atoms. The van der Waals surface area contributed by atoms with Gasteiger partial charge in [0.15, 0.2) is 5.65 Å². The fourth-order valence-electron chi connectivity index (χ4n) is 4.98. The standard InChI is InChI=1S/C25H26F3N7O3/c1-3-9-34-23(37)19-22(33(4-2)24(34)38)32-21(31-19)16-12-30-35(13-16)20(15-10-18(36)29-11-15)14-5-7-17(8-6-14)25(26,27)28/h5-8,12-13,15,20H,3-4,9-11H2,1-2H3,(H,29,36)(H,31,32). The van der Waals surface area contributed by atoms with Gasteiger partial charge in [0.2, 0.25) is 5.91 Å². The van der Waals surface area contributed by atoms with Gasteiger partial charge in [-0.25, -0.2) is 9.78 Å². The predicted molar refractivity (Wildman–Crippen MR) is 132 cm³/mol. The van der Waals surface area contributed by atoms with Gasteiger partial charge >= 0.3 is 11.9 Å². The molecule has 0 bridgehead atoms. The number of aromatic nitrogens is 6. The van der Waals surface area contributed by atoms with E-state index in [0.29, 0.717) is 36.5 Å². The monoisotopic (exact) mass is 529 g/mol. The molecular weight excluding hydrogens is 503 g/mol. The van der Waals surface area contributed by atoms with E-state index in [9.17, 15) is 27.6 Å². The van der Waals surface area contributed by atoms with Crippen molar-refractivity contribution >= 4 is 17.1 Å². The van der Waals surface area contributed by atoms with Gasteiger partial charge in [0.05, 0.1) is 23.4 Å². The van der Waals surface area contributed by atoms with Crippen LogP contribution in [0.25, 0.3) is 22.6 Å². The Labute approximate surface area is 214 Å². The molecule has 1 saturated heterocycles. The molecule has 13 heteroatoms. The number of H-pyrrole nitrogens is 1. The average Bonchev–Trinajstić information content (AvgIpc) is 3.63. The van der Waals surface area contributed by atoms with Crippen molar-refractivity contribution in [2.24, 2.45) is 5.92 Å². The zero-order valence-corrected chi connectivity index (χ0v) is 20.7. The lowest BCUT2D eigenvalue weighted by atomic mass is 9.91. The van der Waals surface area contributed by atoms with Crippen LogP contribution in [-0.2, 0) is 24.1 Å². The van der Waals surface area contributed by atoms with Crippen LogP contribution in [0.3, 0.4) is 0 Å². The van der Waals surface area contributed by atoms with Crippen LogP contribution in [0.4, 0.5) is 13.2 Å². The Kier molecular flexibility index (Phi) is 6.45. The maximum Gasteiger partial charge on any atom is 0.416 e. The summed E-state index contributed by atoms with van der Waals surface area (Å²) < 4.78 is 43.6. The molecule has 2 N–H and O–H groups in total. The first kappa shape index (κ1) is 25.5. The molecule has 2 atom stereocenters. The van der Waals surface area contributed by atoms with Crippen LogP contribution >= 0.6 is 0 Å². The molecule has 2 unspecified atom stereocenters.